The third-order valence-corrected chi connectivity index (χ3v) is 3.56. The zero-order valence-corrected chi connectivity index (χ0v) is 11.9. The van der Waals surface area contributed by atoms with Crippen LogP contribution in [0.5, 0.6) is 0 Å². The minimum atomic E-state index is 0.453. The molecular weight excluding hydrogens is 224 g/mol. The molecule has 1 unspecified atom stereocenters. The third kappa shape index (κ3) is 3.56. The van der Waals surface area contributed by atoms with Gasteiger partial charge in [-0.05, 0) is 26.3 Å². The highest BCUT2D eigenvalue weighted by Gasteiger charge is 2.19. The van der Waals surface area contributed by atoms with Gasteiger partial charge in [0, 0.05) is 44.5 Å². The van der Waals surface area contributed by atoms with Gasteiger partial charge in [0.15, 0.2) is 0 Å². The molecule has 1 fully saturated rings. The van der Waals surface area contributed by atoms with E-state index in [0.717, 1.165) is 26.2 Å². The molecule has 1 aromatic heterocycles. The summed E-state index contributed by atoms with van der Waals surface area (Å²) < 4.78 is 2.04. The lowest BCUT2D eigenvalue weighted by molar-refractivity contribution is 0.184. The summed E-state index contributed by atoms with van der Waals surface area (Å²) in [6, 6.07) is 3.27. The summed E-state index contributed by atoms with van der Waals surface area (Å²) in [4.78, 5) is 2.52. The van der Waals surface area contributed by atoms with Gasteiger partial charge in [-0.1, -0.05) is 13.3 Å². The largest absolute Gasteiger partial charge is 0.311 e. The van der Waals surface area contributed by atoms with E-state index in [4.69, 9.17) is 0 Å². The molecule has 0 saturated carbocycles. The Morgan fingerprint density at radius 2 is 2.33 bits per heavy atom. The first-order chi connectivity index (χ1) is 8.69. The van der Waals surface area contributed by atoms with Crippen molar-refractivity contribution in [1.82, 2.24) is 20.0 Å². The molecule has 2 rings (SSSR count). The van der Waals surface area contributed by atoms with Crippen LogP contribution in [0.15, 0.2) is 12.3 Å². The second-order valence-electron chi connectivity index (χ2n) is 5.56. The lowest BCUT2D eigenvalue weighted by Gasteiger charge is -2.33. The maximum Gasteiger partial charge on any atom is 0.0764 e. The van der Waals surface area contributed by atoms with Crippen molar-refractivity contribution in [3.8, 4) is 0 Å². The summed E-state index contributed by atoms with van der Waals surface area (Å²) in [6.07, 6.45) is 4.62. The first-order valence-corrected chi connectivity index (χ1v) is 7.18. The Kier molecular flexibility index (Phi) is 4.78. The van der Waals surface area contributed by atoms with Crippen LogP contribution >= 0.6 is 0 Å². The molecule has 0 bridgehead atoms. The lowest BCUT2D eigenvalue weighted by Crippen LogP contribution is -2.50. The monoisotopic (exact) mass is 250 g/mol. The Morgan fingerprint density at radius 3 is 3.00 bits per heavy atom. The average molecular weight is 250 g/mol. The molecule has 1 N–H and O–H groups in total. The molecule has 18 heavy (non-hydrogen) atoms. The normalized spacial score (nSPS) is 21.7. The van der Waals surface area contributed by atoms with Gasteiger partial charge < -0.3 is 5.32 Å². The van der Waals surface area contributed by atoms with Crippen LogP contribution in [0.3, 0.4) is 0 Å². The second-order valence-corrected chi connectivity index (χ2v) is 5.56. The second kappa shape index (κ2) is 6.34. The van der Waals surface area contributed by atoms with E-state index in [1.165, 1.54) is 18.5 Å². The van der Waals surface area contributed by atoms with Crippen molar-refractivity contribution >= 4 is 0 Å². The van der Waals surface area contributed by atoms with Crippen LogP contribution in [-0.2, 0) is 6.54 Å². The van der Waals surface area contributed by atoms with E-state index in [2.05, 4.69) is 48.3 Å². The molecule has 0 spiro atoms. The fourth-order valence-corrected chi connectivity index (χ4v) is 2.56. The van der Waals surface area contributed by atoms with Gasteiger partial charge in [0.25, 0.3) is 0 Å². The van der Waals surface area contributed by atoms with Crippen LogP contribution in [0.2, 0.25) is 0 Å². The third-order valence-electron chi connectivity index (χ3n) is 3.56. The summed E-state index contributed by atoms with van der Waals surface area (Å²) in [7, 11) is 0. The van der Waals surface area contributed by atoms with E-state index >= 15 is 0 Å². The molecule has 1 aromatic rings. The van der Waals surface area contributed by atoms with Crippen LogP contribution in [0, 0.1) is 0 Å². The first-order valence-electron chi connectivity index (χ1n) is 7.18. The van der Waals surface area contributed by atoms with Gasteiger partial charge in [0.2, 0.25) is 0 Å². The highest BCUT2D eigenvalue weighted by molar-refractivity contribution is 5.00. The molecule has 0 amide bonds. The number of piperazine rings is 1. The van der Waals surface area contributed by atoms with Gasteiger partial charge in [-0.25, -0.2) is 0 Å². The molecule has 1 aliphatic heterocycles. The van der Waals surface area contributed by atoms with E-state index < -0.39 is 0 Å². The Hall–Kier alpha value is -0.870. The minimum Gasteiger partial charge on any atom is -0.311 e. The van der Waals surface area contributed by atoms with Crippen molar-refractivity contribution in [2.75, 3.05) is 19.6 Å². The smallest absolute Gasteiger partial charge is 0.0764 e. The zero-order chi connectivity index (χ0) is 13.0. The number of hydrogen-bond donors (Lipinski definition) is 1. The molecule has 2 heterocycles. The topological polar surface area (TPSA) is 33.1 Å². The first kappa shape index (κ1) is 13.6. The predicted octanol–water partition coefficient (Wildman–Crippen LogP) is 2.04. The number of rotatable bonds is 5. The van der Waals surface area contributed by atoms with E-state index in [0.29, 0.717) is 12.1 Å². The Labute approximate surface area is 110 Å². The fourth-order valence-electron chi connectivity index (χ4n) is 2.56. The van der Waals surface area contributed by atoms with Gasteiger partial charge in [0.1, 0.15) is 0 Å². The lowest BCUT2D eigenvalue weighted by atomic mass is 10.1. The van der Waals surface area contributed by atoms with Crippen LogP contribution in [-0.4, -0.2) is 40.4 Å². The Balaban J connectivity index is 1.87. The van der Waals surface area contributed by atoms with Crippen molar-refractivity contribution < 1.29 is 0 Å². The standard InChI is InChI=1S/C14H26N4/c1-4-5-13-10-17(9-7-15-13)11-14-6-8-18(16-14)12(2)3/h6,8,12-13,15H,4-5,7,9-11H2,1-3H3. The zero-order valence-electron chi connectivity index (χ0n) is 11.9. The molecule has 0 radical (unpaired) electrons. The van der Waals surface area contributed by atoms with Gasteiger partial charge in [-0.3, -0.25) is 9.58 Å². The molecule has 0 aromatic carbocycles. The van der Waals surface area contributed by atoms with Crippen LogP contribution in [0.1, 0.15) is 45.3 Å². The van der Waals surface area contributed by atoms with Crippen molar-refractivity contribution in [2.24, 2.45) is 0 Å². The van der Waals surface area contributed by atoms with Gasteiger partial charge in [-0.15, -0.1) is 0 Å². The molecule has 1 saturated heterocycles. The molecule has 0 aliphatic carbocycles. The van der Waals surface area contributed by atoms with Crippen molar-refractivity contribution in [2.45, 2.75) is 52.2 Å². The van der Waals surface area contributed by atoms with Crippen molar-refractivity contribution in [3.63, 3.8) is 0 Å². The van der Waals surface area contributed by atoms with Crippen LogP contribution in [0.4, 0.5) is 0 Å². The number of aromatic nitrogens is 2. The van der Waals surface area contributed by atoms with E-state index in [-0.39, 0.29) is 0 Å². The SMILES string of the molecule is CCCC1CN(Cc2ccn(C(C)C)n2)CCN1. The number of hydrogen-bond acceptors (Lipinski definition) is 3. The number of nitrogens with zero attached hydrogens (tertiary/aromatic N) is 3. The van der Waals surface area contributed by atoms with Gasteiger partial charge in [0.05, 0.1) is 5.69 Å². The summed E-state index contributed by atoms with van der Waals surface area (Å²) in [5.74, 6) is 0. The molecule has 4 nitrogen and oxygen atoms in total. The van der Waals surface area contributed by atoms with E-state index in [9.17, 15) is 0 Å². The summed E-state index contributed by atoms with van der Waals surface area (Å²) >= 11 is 0. The number of nitrogens with one attached hydrogen (secondary N) is 1. The quantitative estimate of drug-likeness (QED) is 0.868. The van der Waals surface area contributed by atoms with Crippen LogP contribution in [0.25, 0.3) is 0 Å². The van der Waals surface area contributed by atoms with E-state index in [1.54, 1.807) is 0 Å². The molecular formula is C14H26N4. The van der Waals surface area contributed by atoms with Crippen molar-refractivity contribution in [3.05, 3.63) is 18.0 Å². The van der Waals surface area contributed by atoms with Gasteiger partial charge in [-0.2, -0.15) is 5.10 Å². The maximum absolute atomic E-state index is 4.63. The summed E-state index contributed by atoms with van der Waals surface area (Å²) in [5.41, 5.74) is 1.20. The summed E-state index contributed by atoms with van der Waals surface area (Å²) in [5, 5.41) is 8.22. The Bertz CT molecular complexity index is 356. The molecule has 1 aliphatic rings. The highest BCUT2D eigenvalue weighted by Crippen LogP contribution is 2.10. The highest BCUT2D eigenvalue weighted by atomic mass is 15.3. The predicted molar refractivity (Wildman–Crippen MR) is 74.6 cm³/mol. The summed E-state index contributed by atoms with van der Waals surface area (Å²) in [6.45, 7) is 11.0. The fraction of sp³-hybridized carbons (Fsp3) is 0.786. The Morgan fingerprint density at radius 1 is 1.50 bits per heavy atom. The van der Waals surface area contributed by atoms with E-state index in [1.807, 2.05) is 4.68 Å². The van der Waals surface area contributed by atoms with Crippen LogP contribution < -0.4 is 5.32 Å². The average Bonchev–Trinajstić information content (AvgIpc) is 2.78. The molecule has 102 valence electrons. The maximum atomic E-state index is 4.63. The molecule has 4 heteroatoms. The van der Waals surface area contributed by atoms with Gasteiger partial charge >= 0.3 is 0 Å². The molecule has 1 atom stereocenters. The van der Waals surface area contributed by atoms with Crippen molar-refractivity contribution in [1.29, 1.82) is 0 Å². The minimum absolute atomic E-state index is 0.453.